The number of sulfonamides is 1. The quantitative estimate of drug-likeness (QED) is 0.633. The Labute approximate surface area is 195 Å². The maximum absolute atomic E-state index is 13.5. The summed E-state index contributed by atoms with van der Waals surface area (Å²) in [5.41, 5.74) is -1.07. The van der Waals surface area contributed by atoms with E-state index in [4.69, 9.17) is 0 Å². The number of rotatable bonds is 5. The van der Waals surface area contributed by atoms with Crippen molar-refractivity contribution in [3.05, 3.63) is 65.7 Å². The van der Waals surface area contributed by atoms with Crippen LogP contribution < -0.4 is 5.32 Å². The highest BCUT2D eigenvalue weighted by molar-refractivity contribution is 7.89. The van der Waals surface area contributed by atoms with Gasteiger partial charge in [0.2, 0.25) is 15.9 Å². The van der Waals surface area contributed by atoms with Crippen LogP contribution in [0.15, 0.2) is 53.4 Å². The summed E-state index contributed by atoms with van der Waals surface area (Å²) in [6, 6.07) is 9.04. The zero-order valence-electron chi connectivity index (χ0n) is 18.2. The van der Waals surface area contributed by atoms with Gasteiger partial charge in [0.05, 0.1) is 4.90 Å². The predicted molar refractivity (Wildman–Crippen MR) is 116 cm³/mol. The summed E-state index contributed by atoms with van der Waals surface area (Å²) >= 11 is 0. The van der Waals surface area contributed by atoms with E-state index in [0.717, 1.165) is 21.3 Å². The number of halogens is 2. The number of piperazine rings is 1. The molecule has 4 rings (SSSR count). The second-order valence-corrected chi connectivity index (χ2v) is 10.1. The van der Waals surface area contributed by atoms with E-state index in [2.05, 4.69) is 5.32 Å². The molecule has 4 amide bonds. The monoisotopic (exact) mass is 492 g/mol. The summed E-state index contributed by atoms with van der Waals surface area (Å²) in [4.78, 5) is 40.2. The van der Waals surface area contributed by atoms with Crippen LogP contribution in [0.2, 0.25) is 0 Å². The van der Waals surface area contributed by atoms with Crippen molar-refractivity contribution in [3.8, 4) is 0 Å². The second kappa shape index (κ2) is 8.76. The smallest absolute Gasteiger partial charge is 0.325 e. The zero-order chi connectivity index (χ0) is 24.7. The molecule has 9 nitrogen and oxygen atoms in total. The minimum Gasteiger partial charge on any atom is -0.338 e. The molecule has 0 saturated carbocycles. The number of nitrogens with one attached hydrogen (secondary N) is 1. The molecule has 1 unspecified atom stereocenters. The molecule has 2 aromatic carbocycles. The molecule has 2 saturated heterocycles. The number of urea groups is 1. The molecular weight excluding hydrogens is 470 g/mol. The molecule has 0 aromatic heterocycles. The van der Waals surface area contributed by atoms with Crippen LogP contribution >= 0.6 is 0 Å². The first-order valence-corrected chi connectivity index (χ1v) is 11.9. The Kier molecular flexibility index (Phi) is 6.13. The number of imide groups is 1. The van der Waals surface area contributed by atoms with E-state index in [0.29, 0.717) is 5.56 Å². The molecule has 2 heterocycles. The highest BCUT2D eigenvalue weighted by Gasteiger charge is 2.49. The van der Waals surface area contributed by atoms with Crippen LogP contribution in [0.4, 0.5) is 13.6 Å². The molecule has 2 aliphatic rings. The van der Waals surface area contributed by atoms with Crippen LogP contribution in [0.25, 0.3) is 0 Å². The predicted octanol–water partition coefficient (Wildman–Crippen LogP) is 1.26. The molecule has 2 aliphatic heterocycles. The first kappa shape index (κ1) is 23.8. The van der Waals surface area contributed by atoms with E-state index in [-0.39, 0.29) is 31.1 Å². The van der Waals surface area contributed by atoms with Gasteiger partial charge in [0.25, 0.3) is 5.91 Å². The van der Waals surface area contributed by atoms with E-state index in [1.54, 1.807) is 0 Å². The van der Waals surface area contributed by atoms with E-state index >= 15 is 0 Å². The van der Waals surface area contributed by atoms with Crippen LogP contribution in [0.3, 0.4) is 0 Å². The van der Waals surface area contributed by atoms with Gasteiger partial charge in [0, 0.05) is 26.2 Å². The average Bonchev–Trinajstić information content (AvgIpc) is 3.03. The molecule has 0 bridgehead atoms. The van der Waals surface area contributed by atoms with Crippen molar-refractivity contribution in [2.45, 2.75) is 17.4 Å². The van der Waals surface area contributed by atoms with E-state index in [1.165, 1.54) is 48.2 Å². The third kappa shape index (κ3) is 4.26. The molecule has 0 radical (unpaired) electrons. The van der Waals surface area contributed by atoms with Crippen molar-refractivity contribution < 1.29 is 31.6 Å². The molecule has 1 atom stereocenters. The van der Waals surface area contributed by atoms with Crippen molar-refractivity contribution in [1.29, 1.82) is 0 Å². The van der Waals surface area contributed by atoms with Crippen LogP contribution in [-0.4, -0.2) is 73.1 Å². The van der Waals surface area contributed by atoms with Gasteiger partial charge in [-0.2, -0.15) is 4.31 Å². The minimum atomic E-state index is -3.92. The summed E-state index contributed by atoms with van der Waals surface area (Å²) in [6.45, 7) is 1.02. The maximum atomic E-state index is 13.5. The van der Waals surface area contributed by atoms with Gasteiger partial charge in [-0.05, 0) is 42.8 Å². The standard InChI is InChI=1S/C22H22F2N4O5S/c1-22(15-5-7-16(23)8-6-15)20(30)28(21(31)25-22)14-19(29)26-9-11-27(12-10-26)34(32,33)18-4-2-3-17(24)13-18/h2-8,13H,9-12,14H2,1H3,(H,25,31). The summed E-state index contributed by atoms with van der Waals surface area (Å²) in [6.07, 6.45) is 0. The molecular formula is C22H22F2N4O5S. The molecule has 0 spiro atoms. The third-order valence-corrected chi connectivity index (χ3v) is 7.91. The Balaban J connectivity index is 1.40. The molecule has 1 N–H and O–H groups in total. The summed E-state index contributed by atoms with van der Waals surface area (Å²) in [7, 11) is -3.92. The van der Waals surface area contributed by atoms with Crippen molar-refractivity contribution in [2.24, 2.45) is 0 Å². The lowest BCUT2D eigenvalue weighted by atomic mass is 9.92. The number of benzene rings is 2. The van der Waals surface area contributed by atoms with Crippen LogP contribution in [0.1, 0.15) is 12.5 Å². The Morgan fingerprint density at radius 2 is 1.65 bits per heavy atom. The first-order valence-electron chi connectivity index (χ1n) is 10.5. The molecule has 0 aliphatic carbocycles. The van der Waals surface area contributed by atoms with Crippen LogP contribution in [0, 0.1) is 11.6 Å². The average molecular weight is 493 g/mol. The normalized spacial score (nSPS) is 21.6. The number of carbonyl (C=O) groups is 3. The lowest BCUT2D eigenvalue weighted by molar-refractivity contribution is -0.139. The lowest BCUT2D eigenvalue weighted by Crippen LogP contribution is -2.53. The fraction of sp³-hybridized carbons (Fsp3) is 0.318. The van der Waals surface area contributed by atoms with E-state index in [9.17, 15) is 31.6 Å². The Morgan fingerprint density at radius 1 is 1.00 bits per heavy atom. The lowest BCUT2D eigenvalue weighted by Gasteiger charge is -2.34. The number of hydrogen-bond acceptors (Lipinski definition) is 5. The fourth-order valence-corrected chi connectivity index (χ4v) is 5.46. The van der Waals surface area contributed by atoms with Gasteiger partial charge in [-0.1, -0.05) is 18.2 Å². The van der Waals surface area contributed by atoms with Crippen molar-refractivity contribution in [1.82, 2.24) is 19.4 Å². The zero-order valence-corrected chi connectivity index (χ0v) is 19.0. The van der Waals surface area contributed by atoms with E-state index < -0.39 is 51.6 Å². The van der Waals surface area contributed by atoms with Gasteiger partial charge in [0.1, 0.15) is 23.7 Å². The molecule has 180 valence electrons. The fourth-order valence-electron chi connectivity index (χ4n) is 4.01. The van der Waals surface area contributed by atoms with Gasteiger partial charge in [-0.15, -0.1) is 0 Å². The topological polar surface area (TPSA) is 107 Å². The second-order valence-electron chi connectivity index (χ2n) is 8.20. The minimum absolute atomic E-state index is 0.0158. The van der Waals surface area contributed by atoms with Gasteiger partial charge in [-0.3, -0.25) is 14.5 Å². The van der Waals surface area contributed by atoms with Crippen LogP contribution in [0.5, 0.6) is 0 Å². The SMILES string of the molecule is CC1(c2ccc(F)cc2)NC(=O)N(CC(=O)N2CCN(S(=O)(=O)c3cccc(F)c3)CC2)C1=O. The van der Waals surface area contributed by atoms with E-state index in [1.807, 2.05) is 0 Å². The number of nitrogens with zero attached hydrogens (tertiary/aromatic N) is 3. The van der Waals surface area contributed by atoms with Gasteiger partial charge in [-0.25, -0.2) is 22.0 Å². The summed E-state index contributed by atoms with van der Waals surface area (Å²) in [5.74, 6) is -2.33. The van der Waals surface area contributed by atoms with Crippen LogP contribution in [-0.2, 0) is 25.2 Å². The van der Waals surface area contributed by atoms with Gasteiger partial charge < -0.3 is 10.2 Å². The number of amides is 4. The third-order valence-electron chi connectivity index (χ3n) is 6.02. The Morgan fingerprint density at radius 3 is 2.26 bits per heavy atom. The van der Waals surface area contributed by atoms with Crippen molar-refractivity contribution in [2.75, 3.05) is 32.7 Å². The maximum Gasteiger partial charge on any atom is 0.325 e. The summed E-state index contributed by atoms with van der Waals surface area (Å²) < 4.78 is 53.3. The summed E-state index contributed by atoms with van der Waals surface area (Å²) in [5, 5.41) is 2.55. The first-order chi connectivity index (χ1) is 16.0. The molecule has 34 heavy (non-hydrogen) atoms. The largest absolute Gasteiger partial charge is 0.338 e. The Bertz CT molecular complexity index is 1250. The van der Waals surface area contributed by atoms with Crippen molar-refractivity contribution >= 4 is 27.9 Å². The number of hydrogen-bond donors (Lipinski definition) is 1. The van der Waals surface area contributed by atoms with Gasteiger partial charge >= 0.3 is 6.03 Å². The highest BCUT2D eigenvalue weighted by atomic mass is 32.2. The highest BCUT2D eigenvalue weighted by Crippen LogP contribution is 2.29. The van der Waals surface area contributed by atoms with Gasteiger partial charge in [0.15, 0.2) is 0 Å². The number of carbonyl (C=O) groups excluding carboxylic acids is 3. The molecule has 2 fully saturated rings. The molecule has 2 aromatic rings. The Hall–Kier alpha value is -3.38. The molecule has 12 heteroatoms. The van der Waals surface area contributed by atoms with Crippen molar-refractivity contribution in [3.63, 3.8) is 0 Å².